The molecule has 28 heavy (non-hydrogen) atoms. The third-order valence-electron chi connectivity index (χ3n) is 3.28. The summed E-state index contributed by atoms with van der Waals surface area (Å²) >= 11 is 0. The summed E-state index contributed by atoms with van der Waals surface area (Å²) in [6, 6.07) is 2.35. The van der Waals surface area contributed by atoms with Crippen molar-refractivity contribution in [1.82, 2.24) is 4.98 Å². The van der Waals surface area contributed by atoms with Crippen molar-refractivity contribution in [2.24, 2.45) is 0 Å². The van der Waals surface area contributed by atoms with Crippen molar-refractivity contribution in [2.75, 3.05) is 11.4 Å². The SMILES string of the molecule is C/C(=C\CC(=N)C(F)(F)F)CN(C(=O)OC(C)(C)C)c1ccc(C=O)c(F)n1. The molecule has 6 nitrogen and oxygen atoms in total. The maximum Gasteiger partial charge on any atom is 0.429 e. The van der Waals surface area contributed by atoms with E-state index >= 15 is 0 Å². The Morgan fingerprint density at radius 2 is 1.89 bits per heavy atom. The first-order valence-electron chi connectivity index (χ1n) is 8.17. The molecule has 1 amide bonds. The third-order valence-corrected chi connectivity index (χ3v) is 3.28. The van der Waals surface area contributed by atoms with Crippen molar-refractivity contribution in [3.63, 3.8) is 0 Å². The van der Waals surface area contributed by atoms with Crippen LogP contribution in [0.1, 0.15) is 44.5 Å². The summed E-state index contributed by atoms with van der Waals surface area (Å²) in [4.78, 5) is 27.7. The third kappa shape index (κ3) is 7.09. The quantitative estimate of drug-likeness (QED) is 0.246. The summed E-state index contributed by atoms with van der Waals surface area (Å²) in [7, 11) is 0. The zero-order chi connectivity index (χ0) is 21.7. The van der Waals surface area contributed by atoms with Gasteiger partial charge in [-0.25, -0.2) is 9.78 Å². The van der Waals surface area contributed by atoms with Crippen LogP contribution >= 0.6 is 0 Å². The van der Waals surface area contributed by atoms with Crippen LogP contribution in [0, 0.1) is 11.4 Å². The fourth-order valence-electron chi connectivity index (χ4n) is 1.94. The van der Waals surface area contributed by atoms with Gasteiger partial charge < -0.3 is 10.1 Å². The maximum absolute atomic E-state index is 13.8. The molecule has 1 rings (SSSR count). The number of ether oxygens (including phenoxy) is 1. The van der Waals surface area contributed by atoms with Gasteiger partial charge in [0.05, 0.1) is 12.1 Å². The molecule has 0 aliphatic rings. The normalized spacial score (nSPS) is 12.5. The number of amides is 1. The number of nitrogens with zero attached hydrogens (tertiary/aromatic N) is 2. The number of halogens is 4. The zero-order valence-electron chi connectivity index (χ0n) is 15.9. The Balaban J connectivity index is 3.14. The van der Waals surface area contributed by atoms with Gasteiger partial charge in [-0.05, 0) is 39.8 Å². The van der Waals surface area contributed by atoms with Crippen molar-refractivity contribution in [1.29, 1.82) is 5.41 Å². The van der Waals surface area contributed by atoms with Crippen LogP contribution in [-0.4, -0.2) is 41.4 Å². The number of allylic oxidation sites excluding steroid dienone is 1. The first-order valence-corrected chi connectivity index (χ1v) is 8.17. The highest BCUT2D eigenvalue weighted by atomic mass is 19.4. The number of carbonyl (C=O) groups excluding carboxylic acids is 2. The van der Waals surface area contributed by atoms with E-state index in [1.165, 1.54) is 13.0 Å². The predicted molar refractivity (Wildman–Crippen MR) is 95.3 cm³/mol. The summed E-state index contributed by atoms with van der Waals surface area (Å²) in [5, 5.41) is 6.99. The lowest BCUT2D eigenvalue weighted by Gasteiger charge is -2.27. The number of hydrogen-bond donors (Lipinski definition) is 1. The number of aromatic nitrogens is 1. The number of aldehydes is 1. The largest absolute Gasteiger partial charge is 0.443 e. The smallest absolute Gasteiger partial charge is 0.429 e. The minimum atomic E-state index is -4.74. The molecular formula is C18H21F4N3O3. The van der Waals surface area contributed by atoms with E-state index in [4.69, 9.17) is 10.1 Å². The van der Waals surface area contributed by atoms with E-state index in [1.807, 2.05) is 0 Å². The van der Waals surface area contributed by atoms with Crippen LogP contribution in [-0.2, 0) is 4.74 Å². The summed E-state index contributed by atoms with van der Waals surface area (Å²) < 4.78 is 56.4. The van der Waals surface area contributed by atoms with E-state index in [9.17, 15) is 27.2 Å². The van der Waals surface area contributed by atoms with Crippen molar-refractivity contribution >= 4 is 23.9 Å². The van der Waals surface area contributed by atoms with E-state index in [1.54, 1.807) is 20.8 Å². The second-order valence-electron chi connectivity index (χ2n) is 6.96. The Labute approximate surface area is 159 Å². The Kier molecular flexibility index (Phi) is 7.43. The molecule has 1 aromatic rings. The van der Waals surface area contributed by atoms with E-state index in [2.05, 4.69) is 4.98 Å². The molecule has 0 fully saturated rings. The number of pyridine rings is 1. The molecule has 0 radical (unpaired) electrons. The molecule has 10 heteroatoms. The van der Waals surface area contributed by atoms with Gasteiger partial charge in [-0.15, -0.1) is 0 Å². The molecule has 0 saturated carbocycles. The number of hydrogen-bond acceptors (Lipinski definition) is 5. The van der Waals surface area contributed by atoms with Crippen molar-refractivity contribution in [2.45, 2.75) is 45.9 Å². The van der Waals surface area contributed by atoms with Gasteiger partial charge in [-0.3, -0.25) is 9.69 Å². The van der Waals surface area contributed by atoms with Crippen LogP contribution in [0.3, 0.4) is 0 Å². The standard InChI is InChI=1S/C18H21F4N3O3/c1-11(5-7-13(23)18(20,21)22)9-25(16(27)28-17(2,3)4)14-8-6-12(10-26)15(19)24-14/h5-6,8,10,23H,7,9H2,1-4H3/b11-5+,23-13?. The monoisotopic (exact) mass is 403 g/mol. The molecule has 0 saturated heterocycles. The first kappa shape index (κ1) is 23.3. The minimum absolute atomic E-state index is 0.170. The molecule has 1 N–H and O–H groups in total. The molecular weight excluding hydrogens is 382 g/mol. The molecule has 154 valence electrons. The average Bonchev–Trinajstić information content (AvgIpc) is 2.54. The lowest BCUT2D eigenvalue weighted by molar-refractivity contribution is -0.0607. The molecule has 1 heterocycles. The molecule has 0 atom stereocenters. The highest BCUT2D eigenvalue weighted by Gasteiger charge is 2.33. The average molecular weight is 403 g/mol. The molecule has 0 aliphatic carbocycles. The first-order chi connectivity index (χ1) is 12.7. The number of anilines is 1. The van der Waals surface area contributed by atoms with E-state index in [0.29, 0.717) is 5.57 Å². The number of rotatable bonds is 6. The Morgan fingerprint density at radius 3 is 2.36 bits per heavy atom. The van der Waals surface area contributed by atoms with Gasteiger partial charge in [0.15, 0.2) is 6.29 Å². The fourth-order valence-corrected chi connectivity index (χ4v) is 1.94. The maximum atomic E-state index is 13.8. The Bertz CT molecular complexity index is 783. The van der Waals surface area contributed by atoms with Gasteiger partial charge in [0, 0.05) is 6.42 Å². The van der Waals surface area contributed by atoms with Crippen LogP contribution < -0.4 is 4.90 Å². The van der Waals surface area contributed by atoms with Crippen molar-refractivity contribution < 1.29 is 31.9 Å². The van der Waals surface area contributed by atoms with Gasteiger partial charge in [-0.1, -0.05) is 11.6 Å². The second kappa shape index (κ2) is 8.94. The molecule has 0 spiro atoms. The highest BCUT2D eigenvalue weighted by Crippen LogP contribution is 2.21. The van der Waals surface area contributed by atoms with E-state index < -0.39 is 36.0 Å². The summed E-state index contributed by atoms with van der Waals surface area (Å²) in [6.07, 6.45) is -4.90. The van der Waals surface area contributed by atoms with Crippen LogP contribution in [0.15, 0.2) is 23.8 Å². The fraction of sp³-hybridized carbons (Fsp3) is 0.444. The summed E-state index contributed by atoms with van der Waals surface area (Å²) in [5.74, 6) is -1.27. The van der Waals surface area contributed by atoms with Crippen LogP contribution in [0.4, 0.5) is 28.2 Å². The predicted octanol–water partition coefficient (Wildman–Crippen LogP) is 4.69. The lowest BCUT2D eigenvalue weighted by atomic mass is 10.1. The van der Waals surface area contributed by atoms with Crippen molar-refractivity contribution in [3.05, 3.63) is 35.3 Å². The minimum Gasteiger partial charge on any atom is -0.443 e. The van der Waals surface area contributed by atoms with Crippen LogP contribution in [0.25, 0.3) is 0 Å². The Morgan fingerprint density at radius 1 is 1.29 bits per heavy atom. The van der Waals surface area contributed by atoms with Crippen LogP contribution in [0.2, 0.25) is 0 Å². The molecule has 0 aromatic carbocycles. The molecule has 0 aliphatic heterocycles. The topological polar surface area (TPSA) is 83.4 Å². The zero-order valence-corrected chi connectivity index (χ0v) is 15.9. The molecule has 0 bridgehead atoms. The molecule has 0 unspecified atom stereocenters. The number of nitrogens with one attached hydrogen (secondary N) is 1. The molecule has 1 aromatic heterocycles. The Hall–Kier alpha value is -2.78. The van der Waals surface area contributed by atoms with Gasteiger partial charge in [0.1, 0.15) is 17.1 Å². The van der Waals surface area contributed by atoms with Gasteiger partial charge >= 0.3 is 12.3 Å². The van der Waals surface area contributed by atoms with Gasteiger partial charge in [0.25, 0.3) is 0 Å². The lowest BCUT2D eigenvalue weighted by Crippen LogP contribution is -2.38. The van der Waals surface area contributed by atoms with Gasteiger partial charge in [-0.2, -0.15) is 17.6 Å². The van der Waals surface area contributed by atoms with Gasteiger partial charge in [0.2, 0.25) is 5.95 Å². The van der Waals surface area contributed by atoms with Crippen LogP contribution in [0.5, 0.6) is 0 Å². The van der Waals surface area contributed by atoms with E-state index in [0.717, 1.165) is 17.0 Å². The highest BCUT2D eigenvalue weighted by molar-refractivity contribution is 5.89. The number of alkyl halides is 3. The number of carbonyl (C=O) groups is 2. The van der Waals surface area contributed by atoms with E-state index in [-0.39, 0.29) is 24.2 Å². The summed E-state index contributed by atoms with van der Waals surface area (Å²) in [5.41, 5.74) is -2.32. The second-order valence-corrected chi connectivity index (χ2v) is 6.96. The summed E-state index contributed by atoms with van der Waals surface area (Å²) in [6.45, 7) is 6.05. The van der Waals surface area contributed by atoms with Crippen molar-refractivity contribution in [3.8, 4) is 0 Å².